The lowest BCUT2D eigenvalue weighted by molar-refractivity contribution is -0.122. The highest BCUT2D eigenvalue weighted by Gasteiger charge is 2.10. The molecule has 2 rings (SSSR count). The molecule has 0 aliphatic rings. The summed E-state index contributed by atoms with van der Waals surface area (Å²) in [4.78, 5) is 36.0. The molecule has 0 atom stereocenters. The SMILES string of the molecule is CC(C)NC(=O)Cn1c(=O)ccn(Cc2ccccc2)c1=O. The number of amides is 1. The molecule has 6 heteroatoms. The van der Waals surface area contributed by atoms with Crippen molar-refractivity contribution in [2.75, 3.05) is 0 Å². The van der Waals surface area contributed by atoms with Crippen molar-refractivity contribution in [1.29, 1.82) is 0 Å². The van der Waals surface area contributed by atoms with Gasteiger partial charge in [-0.3, -0.25) is 18.7 Å². The highest BCUT2D eigenvalue weighted by atomic mass is 16.2. The van der Waals surface area contributed by atoms with Crippen LogP contribution in [0.4, 0.5) is 0 Å². The Balaban J connectivity index is 2.28. The summed E-state index contributed by atoms with van der Waals surface area (Å²) in [5, 5.41) is 2.67. The standard InChI is InChI=1S/C16H19N3O3/c1-12(2)17-14(20)11-19-15(21)8-9-18(16(19)22)10-13-6-4-3-5-7-13/h3-9,12H,10-11H2,1-2H3,(H,17,20). The number of rotatable bonds is 5. The van der Waals surface area contributed by atoms with E-state index in [0.717, 1.165) is 10.1 Å². The Bertz CT molecular complexity index is 760. The molecule has 2 aromatic rings. The van der Waals surface area contributed by atoms with Crippen molar-refractivity contribution in [3.63, 3.8) is 0 Å². The summed E-state index contributed by atoms with van der Waals surface area (Å²) in [6, 6.07) is 10.7. The minimum Gasteiger partial charge on any atom is -0.352 e. The van der Waals surface area contributed by atoms with E-state index < -0.39 is 11.2 Å². The number of carbonyl (C=O) groups is 1. The van der Waals surface area contributed by atoms with E-state index >= 15 is 0 Å². The van der Waals surface area contributed by atoms with Gasteiger partial charge in [0.2, 0.25) is 5.91 Å². The van der Waals surface area contributed by atoms with Crippen LogP contribution >= 0.6 is 0 Å². The largest absolute Gasteiger partial charge is 0.352 e. The quantitative estimate of drug-likeness (QED) is 0.878. The third-order valence-electron chi connectivity index (χ3n) is 3.09. The van der Waals surface area contributed by atoms with Crippen LogP contribution in [0.15, 0.2) is 52.2 Å². The van der Waals surface area contributed by atoms with Crippen LogP contribution < -0.4 is 16.6 Å². The third-order valence-corrected chi connectivity index (χ3v) is 3.09. The fraction of sp³-hybridized carbons (Fsp3) is 0.312. The van der Waals surface area contributed by atoms with Gasteiger partial charge in [0.25, 0.3) is 5.56 Å². The minimum absolute atomic E-state index is 0.0431. The van der Waals surface area contributed by atoms with Crippen LogP contribution in [0.5, 0.6) is 0 Å². The van der Waals surface area contributed by atoms with E-state index in [4.69, 9.17) is 0 Å². The number of hydrogen-bond donors (Lipinski definition) is 1. The smallest absolute Gasteiger partial charge is 0.331 e. The van der Waals surface area contributed by atoms with Gasteiger partial charge < -0.3 is 5.32 Å². The average molecular weight is 301 g/mol. The summed E-state index contributed by atoms with van der Waals surface area (Å²) in [6.45, 7) is 3.72. The first-order chi connectivity index (χ1) is 10.5. The van der Waals surface area contributed by atoms with Crippen LogP contribution in [0.1, 0.15) is 19.4 Å². The Morgan fingerprint density at radius 2 is 1.82 bits per heavy atom. The lowest BCUT2D eigenvalue weighted by atomic mass is 10.2. The second kappa shape index (κ2) is 6.89. The summed E-state index contributed by atoms with van der Waals surface area (Å²) in [5.74, 6) is -0.355. The molecule has 1 aromatic heterocycles. The molecule has 1 aromatic carbocycles. The Hall–Kier alpha value is -2.63. The molecular formula is C16H19N3O3. The fourth-order valence-corrected chi connectivity index (χ4v) is 2.11. The lowest BCUT2D eigenvalue weighted by Crippen LogP contribution is -2.44. The van der Waals surface area contributed by atoms with Gasteiger partial charge in [0.15, 0.2) is 0 Å². The van der Waals surface area contributed by atoms with E-state index in [-0.39, 0.29) is 18.5 Å². The summed E-state index contributed by atoms with van der Waals surface area (Å²) in [6.07, 6.45) is 1.45. The molecule has 1 N–H and O–H groups in total. The van der Waals surface area contributed by atoms with Crippen molar-refractivity contribution in [2.24, 2.45) is 0 Å². The molecule has 0 fully saturated rings. The maximum atomic E-state index is 12.4. The molecule has 116 valence electrons. The van der Waals surface area contributed by atoms with E-state index in [0.29, 0.717) is 6.54 Å². The van der Waals surface area contributed by atoms with Crippen molar-refractivity contribution in [3.8, 4) is 0 Å². The first-order valence-corrected chi connectivity index (χ1v) is 7.11. The van der Waals surface area contributed by atoms with Crippen molar-refractivity contribution < 1.29 is 4.79 Å². The zero-order valence-electron chi connectivity index (χ0n) is 12.7. The van der Waals surface area contributed by atoms with Gasteiger partial charge in [-0.25, -0.2) is 4.79 Å². The van der Waals surface area contributed by atoms with Crippen LogP contribution in [0.2, 0.25) is 0 Å². The minimum atomic E-state index is -0.491. The van der Waals surface area contributed by atoms with Crippen LogP contribution in [0.25, 0.3) is 0 Å². The normalized spacial score (nSPS) is 10.7. The Labute approximate surface area is 128 Å². The first-order valence-electron chi connectivity index (χ1n) is 7.11. The topological polar surface area (TPSA) is 73.1 Å². The van der Waals surface area contributed by atoms with Gasteiger partial charge >= 0.3 is 5.69 Å². The molecule has 6 nitrogen and oxygen atoms in total. The number of aromatic nitrogens is 2. The number of nitrogens with zero attached hydrogens (tertiary/aromatic N) is 2. The summed E-state index contributed by atoms with van der Waals surface area (Å²) in [7, 11) is 0. The molecule has 0 unspecified atom stereocenters. The van der Waals surface area contributed by atoms with E-state index in [2.05, 4.69) is 5.32 Å². The molecule has 0 aliphatic carbocycles. The van der Waals surface area contributed by atoms with E-state index in [1.165, 1.54) is 16.8 Å². The lowest BCUT2D eigenvalue weighted by Gasteiger charge is -2.11. The van der Waals surface area contributed by atoms with Crippen molar-refractivity contribution >= 4 is 5.91 Å². The van der Waals surface area contributed by atoms with Gasteiger partial charge in [-0.05, 0) is 19.4 Å². The Morgan fingerprint density at radius 1 is 1.14 bits per heavy atom. The maximum absolute atomic E-state index is 12.4. The molecular weight excluding hydrogens is 282 g/mol. The zero-order valence-corrected chi connectivity index (χ0v) is 12.7. The van der Waals surface area contributed by atoms with Crippen LogP contribution in [0, 0.1) is 0 Å². The molecule has 0 bridgehead atoms. The first kappa shape index (κ1) is 15.8. The second-order valence-corrected chi connectivity index (χ2v) is 5.36. The summed E-state index contributed by atoms with van der Waals surface area (Å²) < 4.78 is 2.36. The number of carbonyl (C=O) groups excluding carboxylic acids is 1. The monoisotopic (exact) mass is 301 g/mol. The molecule has 1 heterocycles. The van der Waals surface area contributed by atoms with Gasteiger partial charge in [0.1, 0.15) is 6.54 Å². The molecule has 0 saturated carbocycles. The summed E-state index contributed by atoms with van der Waals surface area (Å²) >= 11 is 0. The van der Waals surface area contributed by atoms with Gasteiger partial charge in [0.05, 0.1) is 6.54 Å². The van der Waals surface area contributed by atoms with Gasteiger partial charge in [-0.2, -0.15) is 0 Å². The molecule has 0 aliphatic heterocycles. The van der Waals surface area contributed by atoms with E-state index in [1.807, 2.05) is 44.2 Å². The molecule has 1 amide bonds. The number of hydrogen-bond acceptors (Lipinski definition) is 3. The number of nitrogens with one attached hydrogen (secondary N) is 1. The molecule has 0 spiro atoms. The Kier molecular flexibility index (Phi) is 4.93. The van der Waals surface area contributed by atoms with Crippen LogP contribution in [0.3, 0.4) is 0 Å². The van der Waals surface area contributed by atoms with E-state index in [9.17, 15) is 14.4 Å². The third kappa shape index (κ3) is 3.94. The molecule has 0 saturated heterocycles. The second-order valence-electron chi connectivity index (χ2n) is 5.36. The van der Waals surface area contributed by atoms with E-state index in [1.54, 1.807) is 0 Å². The Morgan fingerprint density at radius 3 is 2.45 bits per heavy atom. The van der Waals surface area contributed by atoms with Crippen molar-refractivity contribution in [1.82, 2.24) is 14.5 Å². The summed E-state index contributed by atoms with van der Waals surface area (Å²) in [5.41, 5.74) is -0.0232. The van der Waals surface area contributed by atoms with Gasteiger partial charge in [0, 0.05) is 18.3 Å². The molecule has 22 heavy (non-hydrogen) atoms. The zero-order chi connectivity index (χ0) is 16.1. The number of benzene rings is 1. The fourth-order valence-electron chi connectivity index (χ4n) is 2.11. The van der Waals surface area contributed by atoms with Gasteiger partial charge in [-0.15, -0.1) is 0 Å². The highest BCUT2D eigenvalue weighted by molar-refractivity contribution is 5.75. The van der Waals surface area contributed by atoms with Crippen LogP contribution in [-0.4, -0.2) is 21.1 Å². The van der Waals surface area contributed by atoms with Gasteiger partial charge in [-0.1, -0.05) is 30.3 Å². The molecule has 0 radical (unpaired) electrons. The average Bonchev–Trinajstić information content (AvgIpc) is 2.47. The highest BCUT2D eigenvalue weighted by Crippen LogP contribution is 1.99. The van der Waals surface area contributed by atoms with Crippen LogP contribution in [-0.2, 0) is 17.9 Å². The van der Waals surface area contributed by atoms with Crippen molar-refractivity contribution in [2.45, 2.75) is 33.0 Å². The van der Waals surface area contributed by atoms with Crippen molar-refractivity contribution in [3.05, 3.63) is 69.0 Å². The predicted octanol–water partition coefficient (Wildman–Crippen LogP) is 0.583. The maximum Gasteiger partial charge on any atom is 0.331 e. The predicted molar refractivity (Wildman–Crippen MR) is 83.8 cm³/mol.